The van der Waals surface area contributed by atoms with Gasteiger partial charge in [-0.05, 0) is 32.2 Å². The molecule has 2 saturated heterocycles. The third-order valence-electron chi connectivity index (χ3n) is 4.28. The molecule has 0 bridgehead atoms. The number of sulfone groups is 1. The molecule has 3 N–H and O–H groups in total. The number of carbonyl (C=O) groups is 1. The molecule has 0 aromatic rings. The van der Waals surface area contributed by atoms with Gasteiger partial charge < -0.3 is 11.1 Å². The van der Waals surface area contributed by atoms with E-state index in [9.17, 15) is 13.2 Å². The Bertz CT molecular complexity index is 483. The molecular weight excluding hydrogens is 314 g/mol. The molecule has 6 nitrogen and oxygen atoms in total. The number of alkyl halides is 1. The summed E-state index contributed by atoms with van der Waals surface area (Å²) in [5, 5.41) is 2.22. The summed E-state index contributed by atoms with van der Waals surface area (Å²) in [7, 11) is -3.12. The highest BCUT2D eigenvalue weighted by Crippen LogP contribution is 2.20. The molecule has 8 heteroatoms. The summed E-state index contributed by atoms with van der Waals surface area (Å²) >= 11 is 5.99. The Hall–Kier alpha value is -0.370. The Kier molecular flexibility index (Phi) is 5.51. The van der Waals surface area contributed by atoms with Crippen molar-refractivity contribution in [2.75, 3.05) is 31.1 Å². The topological polar surface area (TPSA) is 92.5 Å². The first-order valence-corrected chi connectivity index (χ1v) is 9.64. The van der Waals surface area contributed by atoms with Crippen molar-refractivity contribution < 1.29 is 13.2 Å². The molecule has 1 amide bonds. The van der Waals surface area contributed by atoms with E-state index in [0.717, 1.165) is 25.9 Å². The van der Waals surface area contributed by atoms with E-state index in [1.54, 1.807) is 0 Å². The van der Waals surface area contributed by atoms with Crippen molar-refractivity contribution in [3.8, 4) is 0 Å². The molecule has 0 aromatic heterocycles. The smallest absolute Gasteiger partial charge is 0.234 e. The number of amides is 1. The van der Waals surface area contributed by atoms with Gasteiger partial charge in [0.1, 0.15) is 0 Å². The van der Waals surface area contributed by atoms with Crippen molar-refractivity contribution in [1.29, 1.82) is 0 Å². The number of nitrogens with one attached hydrogen (secondary N) is 1. The first kappa shape index (κ1) is 17.0. The summed E-state index contributed by atoms with van der Waals surface area (Å²) in [5.41, 5.74) is 5.93. The van der Waals surface area contributed by atoms with E-state index in [1.807, 2.05) is 6.92 Å². The first-order valence-electron chi connectivity index (χ1n) is 7.38. The number of rotatable bonds is 4. The predicted octanol–water partition coefficient (Wildman–Crippen LogP) is -0.434. The summed E-state index contributed by atoms with van der Waals surface area (Å²) in [6.45, 7) is 3.97. The van der Waals surface area contributed by atoms with Crippen molar-refractivity contribution in [1.82, 2.24) is 10.2 Å². The van der Waals surface area contributed by atoms with Gasteiger partial charge >= 0.3 is 0 Å². The van der Waals surface area contributed by atoms with Crippen molar-refractivity contribution in [2.45, 2.75) is 37.2 Å². The minimum absolute atomic E-state index is 0.0595. The highest BCUT2D eigenvalue weighted by Gasteiger charge is 2.37. The lowest BCUT2D eigenvalue weighted by Gasteiger charge is -2.34. The molecule has 2 rings (SSSR count). The van der Waals surface area contributed by atoms with Gasteiger partial charge in [0.05, 0.1) is 29.5 Å². The zero-order valence-corrected chi connectivity index (χ0v) is 13.9. The minimum atomic E-state index is -3.12. The van der Waals surface area contributed by atoms with Gasteiger partial charge in [-0.15, -0.1) is 11.6 Å². The molecule has 2 fully saturated rings. The van der Waals surface area contributed by atoms with E-state index in [4.69, 9.17) is 17.3 Å². The highest BCUT2D eigenvalue weighted by atomic mass is 35.5. The van der Waals surface area contributed by atoms with Crippen LogP contribution in [0, 0.1) is 5.92 Å². The highest BCUT2D eigenvalue weighted by molar-refractivity contribution is 7.91. The fourth-order valence-corrected chi connectivity index (χ4v) is 5.61. The van der Waals surface area contributed by atoms with Crippen LogP contribution in [0.5, 0.6) is 0 Å². The summed E-state index contributed by atoms with van der Waals surface area (Å²) in [5.74, 6) is 0.137. The number of likely N-dealkylation sites (tertiary alicyclic amines) is 1. The zero-order chi connectivity index (χ0) is 15.6. The van der Waals surface area contributed by atoms with Crippen LogP contribution >= 0.6 is 11.6 Å². The first-order chi connectivity index (χ1) is 9.77. The third kappa shape index (κ3) is 4.81. The van der Waals surface area contributed by atoms with Crippen LogP contribution in [0.2, 0.25) is 0 Å². The Morgan fingerprint density at radius 3 is 2.76 bits per heavy atom. The van der Waals surface area contributed by atoms with E-state index in [0.29, 0.717) is 5.92 Å². The maximum atomic E-state index is 12.1. The SMILES string of the molecule is CC(N)C1CCCN(CC(=O)NC2CS(=O)(=O)CC2Cl)C1. The van der Waals surface area contributed by atoms with Crippen LogP contribution in [0.1, 0.15) is 19.8 Å². The lowest BCUT2D eigenvalue weighted by molar-refractivity contribution is -0.123. The van der Waals surface area contributed by atoms with Crippen LogP contribution in [0.4, 0.5) is 0 Å². The fraction of sp³-hybridized carbons (Fsp3) is 0.923. The van der Waals surface area contributed by atoms with Gasteiger partial charge in [-0.2, -0.15) is 0 Å². The Labute approximate surface area is 131 Å². The maximum Gasteiger partial charge on any atom is 0.234 e. The third-order valence-corrected chi connectivity index (χ3v) is 6.66. The van der Waals surface area contributed by atoms with Crippen LogP contribution in [0.25, 0.3) is 0 Å². The molecule has 2 aliphatic heterocycles. The number of carbonyl (C=O) groups excluding carboxylic acids is 1. The number of piperidine rings is 1. The lowest BCUT2D eigenvalue weighted by Crippen LogP contribution is -2.49. The van der Waals surface area contributed by atoms with Crippen molar-refractivity contribution in [3.63, 3.8) is 0 Å². The molecule has 4 unspecified atom stereocenters. The molecule has 4 atom stereocenters. The summed E-state index contributed by atoms with van der Waals surface area (Å²) < 4.78 is 23.0. The molecule has 0 saturated carbocycles. The van der Waals surface area contributed by atoms with E-state index < -0.39 is 21.3 Å². The summed E-state index contributed by atoms with van der Waals surface area (Å²) in [4.78, 5) is 14.1. The quantitative estimate of drug-likeness (QED) is 0.679. The lowest BCUT2D eigenvalue weighted by atomic mass is 9.92. The monoisotopic (exact) mass is 337 g/mol. The minimum Gasteiger partial charge on any atom is -0.350 e. The number of halogens is 1. The van der Waals surface area contributed by atoms with Gasteiger partial charge in [-0.25, -0.2) is 8.42 Å². The van der Waals surface area contributed by atoms with Gasteiger partial charge in [-0.1, -0.05) is 0 Å². The number of hydrogen-bond acceptors (Lipinski definition) is 5. The van der Waals surface area contributed by atoms with Crippen LogP contribution in [0.15, 0.2) is 0 Å². The van der Waals surface area contributed by atoms with Gasteiger partial charge in [0.2, 0.25) is 5.91 Å². The standard InChI is InChI=1S/C13H24ClN3O3S/c1-9(15)10-3-2-4-17(5-10)6-13(18)16-12-8-21(19,20)7-11(12)14/h9-12H,2-8,15H2,1H3,(H,16,18). The number of nitrogens with two attached hydrogens (primary N) is 1. The predicted molar refractivity (Wildman–Crippen MR) is 83.0 cm³/mol. The van der Waals surface area contributed by atoms with Crippen molar-refractivity contribution in [2.24, 2.45) is 11.7 Å². The normalized spacial score (nSPS) is 34.5. The summed E-state index contributed by atoms with van der Waals surface area (Å²) in [6, 6.07) is -0.346. The van der Waals surface area contributed by atoms with Crippen molar-refractivity contribution in [3.05, 3.63) is 0 Å². The van der Waals surface area contributed by atoms with Crippen LogP contribution < -0.4 is 11.1 Å². The summed E-state index contributed by atoms with van der Waals surface area (Å²) in [6.07, 6.45) is 2.13. The van der Waals surface area contributed by atoms with Crippen LogP contribution in [0.3, 0.4) is 0 Å². The van der Waals surface area contributed by atoms with Gasteiger partial charge in [0.15, 0.2) is 9.84 Å². The van der Waals surface area contributed by atoms with Gasteiger partial charge in [0.25, 0.3) is 0 Å². The van der Waals surface area contributed by atoms with Gasteiger partial charge in [-0.3, -0.25) is 9.69 Å². The van der Waals surface area contributed by atoms with E-state index in [2.05, 4.69) is 10.2 Å². The Morgan fingerprint density at radius 1 is 1.48 bits per heavy atom. The molecule has 0 radical (unpaired) electrons. The molecule has 21 heavy (non-hydrogen) atoms. The maximum absolute atomic E-state index is 12.1. The van der Waals surface area contributed by atoms with E-state index in [-0.39, 0.29) is 30.0 Å². The van der Waals surface area contributed by atoms with E-state index in [1.165, 1.54) is 0 Å². The molecule has 2 heterocycles. The average Bonchev–Trinajstić information content (AvgIpc) is 2.62. The molecule has 0 aliphatic carbocycles. The second-order valence-corrected chi connectivity index (χ2v) is 8.98. The van der Waals surface area contributed by atoms with Gasteiger partial charge in [0, 0.05) is 12.6 Å². The Balaban J connectivity index is 1.82. The largest absolute Gasteiger partial charge is 0.350 e. The van der Waals surface area contributed by atoms with Crippen LogP contribution in [-0.2, 0) is 14.6 Å². The molecular formula is C13H24ClN3O3S. The average molecular weight is 338 g/mol. The van der Waals surface area contributed by atoms with Crippen molar-refractivity contribution >= 4 is 27.3 Å². The number of nitrogens with zero attached hydrogens (tertiary/aromatic N) is 1. The van der Waals surface area contributed by atoms with E-state index >= 15 is 0 Å². The second-order valence-electron chi connectivity index (χ2n) is 6.26. The van der Waals surface area contributed by atoms with Crippen LogP contribution in [-0.4, -0.2) is 67.8 Å². The second kappa shape index (κ2) is 6.81. The zero-order valence-electron chi connectivity index (χ0n) is 12.3. The Morgan fingerprint density at radius 2 is 2.19 bits per heavy atom. The number of hydrogen-bond donors (Lipinski definition) is 2. The molecule has 122 valence electrons. The fourth-order valence-electron chi connectivity index (χ4n) is 3.06. The molecule has 0 spiro atoms. The molecule has 2 aliphatic rings. The molecule has 0 aromatic carbocycles.